The van der Waals surface area contributed by atoms with Crippen LogP contribution in [0.5, 0.6) is 0 Å². The largest absolute Gasteiger partial charge is 0.337 e. The van der Waals surface area contributed by atoms with E-state index in [4.69, 9.17) is 0 Å². The van der Waals surface area contributed by atoms with E-state index in [-0.39, 0.29) is 18.5 Å². The van der Waals surface area contributed by atoms with Gasteiger partial charge in [-0.05, 0) is 31.2 Å². The van der Waals surface area contributed by atoms with Gasteiger partial charge in [0, 0.05) is 44.1 Å². The van der Waals surface area contributed by atoms with Gasteiger partial charge < -0.3 is 15.1 Å². The predicted octanol–water partition coefficient (Wildman–Crippen LogP) is 0.728. The number of aromatic nitrogens is 2. The number of piperazine rings is 1. The molecule has 3 rings (SSSR count). The van der Waals surface area contributed by atoms with Crippen LogP contribution in [0.1, 0.15) is 18.5 Å². The molecule has 1 fully saturated rings. The van der Waals surface area contributed by atoms with Crippen LogP contribution in [0.25, 0.3) is 0 Å². The maximum absolute atomic E-state index is 13.3. The van der Waals surface area contributed by atoms with Gasteiger partial charge >= 0.3 is 0 Å². The minimum Gasteiger partial charge on any atom is -0.337 e. The first-order valence-corrected chi connectivity index (χ1v) is 8.62. The van der Waals surface area contributed by atoms with Crippen LogP contribution in [0.2, 0.25) is 0 Å². The smallest absolute Gasteiger partial charge is 0.277 e. The van der Waals surface area contributed by atoms with Crippen LogP contribution in [0.3, 0.4) is 0 Å². The van der Waals surface area contributed by atoms with Gasteiger partial charge in [0.1, 0.15) is 6.04 Å². The summed E-state index contributed by atoms with van der Waals surface area (Å²) < 4.78 is 26.3. The first kappa shape index (κ1) is 18.2. The second-order valence-electron chi connectivity index (χ2n) is 6.32. The number of carbonyl (C=O) groups is 1. The van der Waals surface area contributed by atoms with Crippen molar-refractivity contribution in [3.8, 4) is 0 Å². The molecule has 1 atom stereocenters. The first-order chi connectivity index (χ1) is 12.5. The van der Waals surface area contributed by atoms with Crippen molar-refractivity contribution in [1.82, 2.24) is 14.9 Å². The Labute approximate surface area is 150 Å². The fourth-order valence-electron chi connectivity index (χ4n) is 2.95. The Morgan fingerprint density at radius 3 is 2.50 bits per heavy atom. The molecule has 0 unspecified atom stereocenters. The number of nitrogens with two attached hydrogens (primary N) is 1. The van der Waals surface area contributed by atoms with Gasteiger partial charge in [-0.3, -0.25) is 4.79 Å². The van der Waals surface area contributed by atoms with Gasteiger partial charge in [-0.15, -0.1) is 0 Å². The number of rotatable bonds is 5. The number of carbonyl (C=O) groups excluding carboxylic acids is 1. The molecule has 6 nitrogen and oxygen atoms in total. The van der Waals surface area contributed by atoms with Crippen molar-refractivity contribution in [3.05, 3.63) is 53.9 Å². The van der Waals surface area contributed by atoms with Crippen molar-refractivity contribution in [3.63, 3.8) is 0 Å². The zero-order chi connectivity index (χ0) is 18.5. The van der Waals surface area contributed by atoms with E-state index in [0.717, 1.165) is 6.07 Å². The molecule has 1 amide bonds. The van der Waals surface area contributed by atoms with Crippen LogP contribution in [-0.4, -0.2) is 53.5 Å². The van der Waals surface area contributed by atoms with Crippen LogP contribution in [-0.2, 0) is 4.79 Å². The normalized spacial score (nSPS) is 15.8. The van der Waals surface area contributed by atoms with E-state index < -0.39 is 11.6 Å². The van der Waals surface area contributed by atoms with Gasteiger partial charge in [0.05, 0.1) is 0 Å². The van der Waals surface area contributed by atoms with E-state index in [1.54, 1.807) is 24.5 Å². The van der Waals surface area contributed by atoms with Gasteiger partial charge in [0.25, 0.3) is 5.91 Å². The van der Waals surface area contributed by atoms with Gasteiger partial charge in [0.2, 0.25) is 5.95 Å². The molecule has 8 heteroatoms. The van der Waals surface area contributed by atoms with E-state index in [1.807, 2.05) is 17.1 Å². The first-order valence-electron chi connectivity index (χ1n) is 8.62. The van der Waals surface area contributed by atoms with Crippen LogP contribution >= 0.6 is 0 Å². The highest BCUT2D eigenvalue weighted by atomic mass is 19.2. The second kappa shape index (κ2) is 8.18. The molecule has 0 saturated carbocycles. The zero-order valence-electron chi connectivity index (χ0n) is 14.6. The second-order valence-corrected chi connectivity index (χ2v) is 6.32. The molecule has 1 aliphatic rings. The van der Waals surface area contributed by atoms with Crippen molar-refractivity contribution >= 4 is 11.9 Å². The van der Waals surface area contributed by atoms with Crippen molar-refractivity contribution in [2.75, 3.05) is 37.6 Å². The third-order valence-corrected chi connectivity index (χ3v) is 4.58. The topological polar surface area (TPSA) is 65.9 Å². The van der Waals surface area contributed by atoms with Crippen molar-refractivity contribution in [2.24, 2.45) is 0 Å². The summed E-state index contributed by atoms with van der Waals surface area (Å²) in [5.41, 5.74) is 0.655. The molecule has 2 aromatic rings. The van der Waals surface area contributed by atoms with Crippen LogP contribution < -0.4 is 10.2 Å². The summed E-state index contributed by atoms with van der Waals surface area (Å²) in [4.78, 5) is 24.7. The number of anilines is 1. The molecule has 1 aromatic heterocycles. The molecule has 138 valence electrons. The van der Waals surface area contributed by atoms with Gasteiger partial charge in [0.15, 0.2) is 18.2 Å². The Hall–Kier alpha value is -2.61. The molecular weight excluding hydrogens is 340 g/mol. The Kier molecular flexibility index (Phi) is 5.72. The number of halogens is 2. The number of hydrogen-bond acceptors (Lipinski definition) is 4. The lowest BCUT2D eigenvalue weighted by atomic mass is 10.1. The maximum Gasteiger partial charge on any atom is 0.277 e. The maximum atomic E-state index is 13.3. The number of amides is 1. The molecule has 2 heterocycles. The Balaban J connectivity index is 1.47. The highest BCUT2D eigenvalue weighted by Gasteiger charge is 2.24. The van der Waals surface area contributed by atoms with E-state index in [1.165, 1.54) is 6.07 Å². The monoisotopic (exact) mass is 362 g/mol. The minimum absolute atomic E-state index is 0.0352. The molecule has 0 radical (unpaired) electrons. The summed E-state index contributed by atoms with van der Waals surface area (Å²) >= 11 is 0. The van der Waals surface area contributed by atoms with Gasteiger partial charge in [-0.25, -0.2) is 18.7 Å². The third-order valence-electron chi connectivity index (χ3n) is 4.58. The molecule has 1 aliphatic heterocycles. The number of nitrogens with zero attached hydrogens (tertiary/aromatic N) is 4. The van der Waals surface area contributed by atoms with Crippen molar-refractivity contribution in [2.45, 2.75) is 13.0 Å². The van der Waals surface area contributed by atoms with Gasteiger partial charge in [-0.1, -0.05) is 0 Å². The van der Waals surface area contributed by atoms with Crippen molar-refractivity contribution < 1.29 is 18.9 Å². The minimum atomic E-state index is -0.867. The van der Waals surface area contributed by atoms with Gasteiger partial charge in [-0.2, -0.15) is 0 Å². The fourth-order valence-corrected chi connectivity index (χ4v) is 2.95. The molecule has 2 N–H and O–H groups in total. The molecule has 0 aliphatic carbocycles. The number of quaternary nitrogens is 1. The van der Waals surface area contributed by atoms with Crippen molar-refractivity contribution in [1.29, 1.82) is 0 Å². The summed E-state index contributed by atoms with van der Waals surface area (Å²) in [5, 5.41) is 1.84. The molecule has 0 spiro atoms. The lowest BCUT2D eigenvalue weighted by Crippen LogP contribution is -2.87. The van der Waals surface area contributed by atoms with Crippen LogP contribution in [0.4, 0.5) is 14.7 Å². The Morgan fingerprint density at radius 1 is 1.15 bits per heavy atom. The third kappa shape index (κ3) is 4.32. The predicted molar refractivity (Wildman–Crippen MR) is 92.4 cm³/mol. The number of benzene rings is 1. The lowest BCUT2D eigenvalue weighted by Gasteiger charge is -2.34. The molecule has 26 heavy (non-hydrogen) atoms. The standard InChI is InChI=1S/C18H21F2N5O/c1-13(14-3-4-15(19)16(20)11-14)23-12-17(26)24-7-9-25(10-8-24)18-21-5-2-6-22-18/h2-6,11,13,23H,7-10,12H2,1H3/p+1/t13-/m0/s1. The quantitative estimate of drug-likeness (QED) is 0.852. The summed E-state index contributed by atoms with van der Waals surface area (Å²) in [6.07, 6.45) is 3.41. The molecule has 1 aromatic carbocycles. The lowest BCUT2D eigenvalue weighted by molar-refractivity contribution is -0.683. The molecule has 1 saturated heterocycles. The Bertz CT molecular complexity index is 751. The summed E-state index contributed by atoms with van der Waals surface area (Å²) in [6, 6.07) is 5.48. The average molecular weight is 362 g/mol. The summed E-state index contributed by atoms with van der Waals surface area (Å²) in [6.45, 7) is 4.74. The summed E-state index contributed by atoms with van der Waals surface area (Å²) in [7, 11) is 0. The van der Waals surface area contributed by atoms with E-state index >= 15 is 0 Å². The fraction of sp³-hybridized carbons (Fsp3) is 0.389. The molecular formula is C18H22F2N5O+. The van der Waals surface area contributed by atoms with E-state index in [0.29, 0.717) is 37.7 Å². The van der Waals surface area contributed by atoms with Crippen LogP contribution in [0.15, 0.2) is 36.7 Å². The number of hydrogen-bond donors (Lipinski definition) is 1. The average Bonchev–Trinajstić information content (AvgIpc) is 2.68. The zero-order valence-corrected chi connectivity index (χ0v) is 14.6. The van der Waals surface area contributed by atoms with E-state index in [2.05, 4.69) is 14.9 Å². The van der Waals surface area contributed by atoms with Crippen LogP contribution in [0, 0.1) is 11.6 Å². The van der Waals surface area contributed by atoms with E-state index in [9.17, 15) is 13.6 Å². The summed E-state index contributed by atoms with van der Waals surface area (Å²) in [5.74, 6) is -1.02. The Morgan fingerprint density at radius 2 is 1.85 bits per heavy atom. The SMILES string of the molecule is C[C@H]([NH2+]CC(=O)N1CCN(c2ncccn2)CC1)c1ccc(F)c(F)c1. The molecule has 0 bridgehead atoms. The highest BCUT2D eigenvalue weighted by Crippen LogP contribution is 2.13. The highest BCUT2D eigenvalue weighted by molar-refractivity contribution is 5.77.